The lowest BCUT2D eigenvalue weighted by molar-refractivity contribution is -0.366. The highest BCUT2D eigenvalue weighted by molar-refractivity contribution is 7.99. The van der Waals surface area contributed by atoms with Gasteiger partial charge in [-0.25, -0.2) is 14.1 Å². The van der Waals surface area contributed by atoms with Crippen molar-refractivity contribution in [2.24, 2.45) is 8.80 Å². The van der Waals surface area contributed by atoms with Crippen molar-refractivity contribution < 1.29 is 9.19 Å². The molecule has 2 aliphatic heterocycles. The fourth-order valence-corrected chi connectivity index (χ4v) is 5.30. The maximum atomic E-state index is 11.9. The van der Waals surface area contributed by atoms with Crippen molar-refractivity contribution in [3.63, 3.8) is 0 Å². The molecule has 0 fully saturated rings. The number of rotatable bonds is 6. The van der Waals surface area contributed by atoms with Crippen LogP contribution < -0.4 is 20.5 Å². The van der Waals surface area contributed by atoms with Crippen LogP contribution in [0.2, 0.25) is 0 Å². The zero-order chi connectivity index (χ0) is 21.8. The second-order valence-corrected chi connectivity index (χ2v) is 9.11. The van der Waals surface area contributed by atoms with Crippen molar-refractivity contribution in [1.82, 2.24) is 15.6 Å². The van der Waals surface area contributed by atoms with Gasteiger partial charge in [-0.2, -0.15) is 0 Å². The average Bonchev–Trinajstić information content (AvgIpc) is 3.19. The lowest BCUT2D eigenvalue weighted by atomic mass is 10.2. The third-order valence-corrected chi connectivity index (χ3v) is 6.86. The minimum atomic E-state index is -1.59. The van der Waals surface area contributed by atoms with Gasteiger partial charge in [-0.3, -0.25) is 4.98 Å². The van der Waals surface area contributed by atoms with E-state index in [4.69, 9.17) is 0 Å². The van der Waals surface area contributed by atoms with E-state index < -0.39 is 11.2 Å². The summed E-state index contributed by atoms with van der Waals surface area (Å²) in [4.78, 5) is 12.2. The Balaban J connectivity index is 1.20. The largest absolute Gasteiger partial charge is 0.366 e. The maximum absolute atomic E-state index is 11.9. The Hall–Kier alpha value is -3.24. The van der Waals surface area contributed by atoms with E-state index in [9.17, 15) is 4.21 Å². The van der Waals surface area contributed by atoms with Crippen molar-refractivity contribution in [1.29, 1.82) is 0 Å². The zero-order valence-electron chi connectivity index (χ0n) is 17.2. The topological polar surface area (TPSA) is 96.1 Å². The van der Waals surface area contributed by atoms with Gasteiger partial charge in [0.2, 0.25) is 0 Å². The number of pyridine rings is 2. The SMILES string of the molecule is O=S1N=C(NCCCN2c3ccccc3Sc3ccc[nH+]c32)C(NCc2ccncc2)=N1. The van der Waals surface area contributed by atoms with Crippen molar-refractivity contribution in [3.8, 4) is 0 Å². The van der Waals surface area contributed by atoms with Gasteiger partial charge < -0.3 is 10.6 Å². The minimum Gasteiger partial charge on any atom is -0.366 e. The van der Waals surface area contributed by atoms with Crippen LogP contribution in [0.1, 0.15) is 12.0 Å². The first kappa shape index (κ1) is 20.7. The van der Waals surface area contributed by atoms with E-state index in [1.807, 2.05) is 24.4 Å². The van der Waals surface area contributed by atoms with E-state index in [1.54, 1.807) is 24.2 Å². The summed E-state index contributed by atoms with van der Waals surface area (Å²) in [7, 11) is 0. The number of hydrogen-bond donors (Lipinski definition) is 2. The molecular weight excluding hydrogens is 442 g/mol. The zero-order valence-corrected chi connectivity index (χ0v) is 18.8. The summed E-state index contributed by atoms with van der Waals surface area (Å²) < 4.78 is 20.1. The molecule has 0 saturated heterocycles. The molecule has 4 heterocycles. The van der Waals surface area contributed by atoms with Gasteiger partial charge in [0.15, 0.2) is 11.7 Å². The molecule has 10 heteroatoms. The fraction of sp³-hybridized carbons (Fsp3) is 0.182. The molecule has 1 unspecified atom stereocenters. The van der Waals surface area contributed by atoms with Gasteiger partial charge in [0.05, 0.1) is 17.6 Å². The molecule has 0 radical (unpaired) electrons. The molecule has 3 N–H and O–H groups in total. The monoisotopic (exact) mass is 464 g/mol. The number of hydrogen-bond acceptors (Lipinski definition) is 6. The first-order chi connectivity index (χ1) is 15.8. The summed E-state index contributed by atoms with van der Waals surface area (Å²) in [5, 5.41) is 6.51. The van der Waals surface area contributed by atoms with E-state index in [1.165, 1.54) is 15.5 Å². The number of amidine groups is 2. The molecule has 1 atom stereocenters. The summed E-state index contributed by atoms with van der Waals surface area (Å²) in [5.74, 6) is 2.18. The average molecular weight is 465 g/mol. The molecule has 2 aliphatic rings. The van der Waals surface area contributed by atoms with Crippen LogP contribution in [0.5, 0.6) is 0 Å². The van der Waals surface area contributed by atoms with E-state index in [0.29, 0.717) is 24.8 Å². The first-order valence-electron chi connectivity index (χ1n) is 10.3. The van der Waals surface area contributed by atoms with Crippen LogP contribution in [-0.4, -0.2) is 34.0 Å². The molecule has 0 amide bonds. The number of anilines is 2. The molecule has 0 saturated carbocycles. The van der Waals surface area contributed by atoms with E-state index in [2.05, 4.69) is 64.6 Å². The number of fused-ring (bicyclic) bond motifs is 2. The Morgan fingerprint density at radius 1 is 0.969 bits per heavy atom. The summed E-state index contributed by atoms with van der Waals surface area (Å²) >= 11 is 0.191. The Bertz CT molecular complexity index is 1150. The van der Waals surface area contributed by atoms with Crippen molar-refractivity contribution in [2.45, 2.75) is 22.8 Å². The second-order valence-electron chi connectivity index (χ2n) is 7.20. The Kier molecular flexibility index (Phi) is 6.13. The second kappa shape index (κ2) is 9.49. The molecule has 0 spiro atoms. The predicted octanol–water partition coefficient (Wildman–Crippen LogP) is 2.66. The molecule has 162 valence electrons. The Morgan fingerprint density at radius 2 is 1.75 bits per heavy atom. The Morgan fingerprint density at radius 3 is 2.62 bits per heavy atom. The van der Waals surface area contributed by atoms with E-state index in [0.717, 1.165) is 24.3 Å². The van der Waals surface area contributed by atoms with E-state index in [-0.39, 0.29) is 0 Å². The van der Waals surface area contributed by atoms with Gasteiger partial charge in [-0.15, -0.1) is 8.80 Å². The highest BCUT2D eigenvalue weighted by Gasteiger charge is 2.30. The van der Waals surface area contributed by atoms with Crippen LogP contribution in [0.25, 0.3) is 0 Å². The number of benzene rings is 1. The molecule has 0 aliphatic carbocycles. The van der Waals surface area contributed by atoms with Gasteiger partial charge in [0, 0.05) is 31.9 Å². The Labute approximate surface area is 193 Å². The van der Waals surface area contributed by atoms with Crippen molar-refractivity contribution in [2.75, 3.05) is 18.0 Å². The van der Waals surface area contributed by atoms with Crippen molar-refractivity contribution >= 4 is 46.1 Å². The quantitative estimate of drug-likeness (QED) is 0.545. The molecule has 1 aromatic carbocycles. The number of nitrogens with one attached hydrogen (secondary N) is 3. The molecule has 32 heavy (non-hydrogen) atoms. The normalized spacial score (nSPS) is 16.6. The van der Waals surface area contributed by atoms with Crippen LogP contribution in [0.15, 0.2) is 85.7 Å². The highest BCUT2D eigenvalue weighted by Crippen LogP contribution is 2.45. The predicted molar refractivity (Wildman–Crippen MR) is 127 cm³/mol. The summed E-state index contributed by atoms with van der Waals surface area (Å²) in [6.45, 7) is 2.07. The maximum Gasteiger partial charge on any atom is 0.293 e. The standard InChI is InChI=1S/C22H21N7OS2/c30-32-27-20(21(28-32)26-15-16-8-12-23-13-9-16)24-11-4-14-29-17-5-1-2-6-18(17)31-19-7-3-10-25-22(19)29/h1-3,5-10,12-13H,4,11,14-15H2,(H,24,27)(H,26,28)/p+1. The lowest BCUT2D eigenvalue weighted by Gasteiger charge is -2.24. The molecule has 8 nitrogen and oxygen atoms in total. The van der Waals surface area contributed by atoms with Gasteiger partial charge in [0.25, 0.3) is 17.0 Å². The van der Waals surface area contributed by atoms with Gasteiger partial charge in [-0.05, 0) is 42.0 Å². The number of nitrogens with zero attached hydrogens (tertiary/aromatic N) is 4. The van der Waals surface area contributed by atoms with Gasteiger partial charge in [0.1, 0.15) is 10.6 Å². The number of aromatic amines is 1. The minimum absolute atomic E-state index is 0.526. The molecule has 0 bridgehead atoms. The van der Waals surface area contributed by atoms with Gasteiger partial charge in [-0.1, -0.05) is 23.9 Å². The lowest BCUT2D eigenvalue weighted by Crippen LogP contribution is -2.39. The number of para-hydroxylation sites is 1. The van der Waals surface area contributed by atoms with Crippen molar-refractivity contribution in [3.05, 3.63) is 72.7 Å². The smallest absolute Gasteiger partial charge is 0.293 e. The third kappa shape index (κ3) is 4.51. The summed E-state index contributed by atoms with van der Waals surface area (Å²) in [6, 6.07) is 16.5. The van der Waals surface area contributed by atoms with Crippen LogP contribution in [0.4, 0.5) is 11.5 Å². The highest BCUT2D eigenvalue weighted by atomic mass is 32.2. The number of H-pyrrole nitrogens is 1. The molecular formula is C22H22N7OS2+. The van der Waals surface area contributed by atoms with Crippen LogP contribution in [0.3, 0.4) is 0 Å². The van der Waals surface area contributed by atoms with Crippen LogP contribution in [-0.2, 0) is 17.7 Å². The summed E-state index contributed by atoms with van der Waals surface area (Å²) in [5.41, 5.74) is 2.27. The molecule has 2 aromatic heterocycles. The number of aromatic nitrogens is 2. The summed E-state index contributed by atoms with van der Waals surface area (Å²) in [6.07, 6.45) is 6.31. The first-order valence-corrected chi connectivity index (χ1v) is 12.2. The van der Waals surface area contributed by atoms with Gasteiger partial charge >= 0.3 is 0 Å². The molecule has 3 aromatic rings. The van der Waals surface area contributed by atoms with E-state index >= 15 is 0 Å². The third-order valence-electron chi connectivity index (χ3n) is 5.07. The van der Waals surface area contributed by atoms with Crippen LogP contribution >= 0.6 is 11.8 Å². The molecule has 5 rings (SSSR count). The van der Waals surface area contributed by atoms with Crippen LogP contribution in [0, 0.1) is 0 Å². The fourth-order valence-electron chi connectivity index (χ4n) is 3.57.